The van der Waals surface area contributed by atoms with Crippen LogP contribution in [0.25, 0.3) is 27.4 Å². The third-order valence-electron chi connectivity index (χ3n) is 7.22. The van der Waals surface area contributed by atoms with Gasteiger partial charge in [0.1, 0.15) is 12.0 Å². The molecule has 1 saturated heterocycles. The highest BCUT2D eigenvalue weighted by Gasteiger charge is 2.28. The number of benzene rings is 2. The summed E-state index contributed by atoms with van der Waals surface area (Å²) in [7, 11) is -6.06. The summed E-state index contributed by atoms with van der Waals surface area (Å²) in [6.07, 6.45) is 4.11. The smallest absolute Gasteiger partial charge is 0.263 e. The second kappa shape index (κ2) is 8.90. The lowest BCUT2D eigenvalue weighted by molar-refractivity contribution is 0.0668. The fraction of sp³-hybridized carbons (Fsp3) is 0.357. The van der Waals surface area contributed by atoms with Crippen molar-refractivity contribution in [3.05, 3.63) is 64.5 Å². The summed E-state index contributed by atoms with van der Waals surface area (Å²) >= 11 is 0. The number of carbonyl (C=O) groups excluding carboxylic acids is 1. The number of pyridine rings is 1. The summed E-state index contributed by atoms with van der Waals surface area (Å²) in [6.45, 7) is 0.210. The van der Waals surface area contributed by atoms with E-state index in [2.05, 4.69) is 0 Å². The second-order valence-corrected chi connectivity index (χ2v) is 9.55. The Morgan fingerprint density at radius 2 is 1.70 bits per heavy atom. The number of ether oxygens (including phenoxy) is 2. The van der Waals surface area contributed by atoms with E-state index in [1.807, 2.05) is 10.8 Å². The largest absolute Gasteiger partial charge is 0.493 e. The van der Waals surface area contributed by atoms with Gasteiger partial charge in [0.2, 0.25) is 0 Å². The van der Waals surface area contributed by atoms with Crippen LogP contribution in [-0.2, 0) is 0 Å². The zero-order valence-electron chi connectivity index (χ0n) is 25.7. The SMILES string of the molecule is [2H]C([2H])([2H])Oc1cc2c(C(=O)N3CCC(F)CC3)cn(-c3cc(F)cc4c3ccn4C3CC3)c(=O)c2cc1OC([2H])([2H])[2H]. The predicted octanol–water partition coefficient (Wildman–Crippen LogP) is 5.01. The van der Waals surface area contributed by atoms with Gasteiger partial charge in [-0.1, -0.05) is 0 Å². The Labute approximate surface area is 220 Å². The van der Waals surface area contributed by atoms with Gasteiger partial charge in [0.25, 0.3) is 11.5 Å². The maximum absolute atomic E-state index is 15.0. The second-order valence-electron chi connectivity index (χ2n) is 9.55. The monoisotopic (exact) mass is 513 g/mol. The first-order valence-corrected chi connectivity index (χ1v) is 12.0. The molecule has 1 saturated carbocycles. The minimum atomic E-state index is -3.04. The Kier molecular flexibility index (Phi) is 4.22. The van der Waals surface area contributed by atoms with E-state index in [0.717, 1.165) is 29.5 Å². The van der Waals surface area contributed by atoms with Gasteiger partial charge in [0.05, 0.1) is 44.5 Å². The number of nitrogens with zero attached hydrogens (tertiary/aromatic N) is 3. The molecule has 1 aliphatic carbocycles. The van der Waals surface area contributed by atoms with Crippen LogP contribution in [0.15, 0.2) is 47.5 Å². The molecule has 0 spiro atoms. The van der Waals surface area contributed by atoms with Crippen molar-refractivity contribution in [1.82, 2.24) is 14.0 Å². The Hall–Kier alpha value is -3.88. The molecule has 6 rings (SSSR count). The summed E-state index contributed by atoms with van der Waals surface area (Å²) in [5, 5.41) is 0.323. The maximum Gasteiger partial charge on any atom is 0.263 e. The molecule has 3 heterocycles. The number of aromatic nitrogens is 2. The van der Waals surface area contributed by atoms with Gasteiger partial charge in [0, 0.05) is 42.3 Å². The van der Waals surface area contributed by atoms with E-state index in [-0.39, 0.29) is 54.0 Å². The molecule has 192 valence electrons. The Balaban J connectivity index is 1.63. The van der Waals surface area contributed by atoms with Gasteiger partial charge >= 0.3 is 0 Å². The molecule has 2 aromatic carbocycles. The van der Waals surface area contributed by atoms with Gasteiger partial charge in [0.15, 0.2) is 11.5 Å². The average Bonchev–Trinajstić information content (AvgIpc) is 3.66. The number of rotatable bonds is 5. The van der Waals surface area contributed by atoms with Crippen molar-refractivity contribution in [3.63, 3.8) is 0 Å². The molecule has 9 heteroatoms. The number of hydrogen-bond donors (Lipinski definition) is 0. The van der Waals surface area contributed by atoms with Crippen LogP contribution in [0.2, 0.25) is 0 Å². The van der Waals surface area contributed by atoms with Crippen molar-refractivity contribution in [1.29, 1.82) is 0 Å². The van der Waals surface area contributed by atoms with Crippen molar-refractivity contribution < 1.29 is 31.3 Å². The zero-order chi connectivity index (χ0) is 30.8. The van der Waals surface area contributed by atoms with Crippen LogP contribution in [0.5, 0.6) is 11.5 Å². The lowest BCUT2D eigenvalue weighted by atomic mass is 10.0. The van der Waals surface area contributed by atoms with Crippen LogP contribution < -0.4 is 15.0 Å². The van der Waals surface area contributed by atoms with E-state index < -0.39 is 49.0 Å². The maximum atomic E-state index is 15.0. The molecule has 2 aromatic heterocycles. The van der Waals surface area contributed by atoms with Gasteiger partial charge in [-0.2, -0.15) is 0 Å². The molecule has 0 N–H and O–H groups in total. The Morgan fingerprint density at radius 1 is 1.00 bits per heavy atom. The van der Waals surface area contributed by atoms with E-state index in [1.165, 1.54) is 23.2 Å². The predicted molar refractivity (Wildman–Crippen MR) is 136 cm³/mol. The van der Waals surface area contributed by atoms with E-state index in [1.54, 1.807) is 6.07 Å². The molecule has 1 amide bonds. The lowest BCUT2D eigenvalue weighted by Crippen LogP contribution is -2.39. The molecule has 7 nitrogen and oxygen atoms in total. The van der Waals surface area contributed by atoms with Gasteiger partial charge in [-0.15, -0.1) is 0 Å². The number of methoxy groups -OCH3 is 2. The summed E-state index contributed by atoms with van der Waals surface area (Å²) in [5.74, 6) is -2.26. The molecule has 0 atom stereocenters. The quantitative estimate of drug-likeness (QED) is 0.376. The van der Waals surface area contributed by atoms with Crippen molar-refractivity contribution in [2.75, 3.05) is 27.2 Å². The standard InChI is InChI=1S/C28H27F2N3O4/c1-36-25-13-20-21(14-26(25)37-2)28(35)33(15-22(20)27(34)31-8-5-16(29)6-9-31)24-12-17(30)11-23-19(24)7-10-32(23)18-3-4-18/h7,10-16,18H,3-6,8-9H2,1-2H3/i1D3,2D3. The van der Waals surface area contributed by atoms with Gasteiger partial charge in [-0.3, -0.25) is 14.2 Å². The summed E-state index contributed by atoms with van der Waals surface area (Å²) < 4.78 is 87.3. The highest BCUT2D eigenvalue weighted by molar-refractivity contribution is 6.07. The fourth-order valence-electron chi connectivity index (χ4n) is 5.16. The fourth-order valence-corrected chi connectivity index (χ4v) is 5.16. The van der Waals surface area contributed by atoms with Crippen LogP contribution in [0.1, 0.15) is 50.3 Å². The van der Waals surface area contributed by atoms with Crippen LogP contribution in [-0.4, -0.2) is 53.3 Å². The molecule has 2 fully saturated rings. The van der Waals surface area contributed by atoms with Crippen molar-refractivity contribution >= 4 is 27.6 Å². The molecule has 0 bridgehead atoms. The first-order chi connectivity index (χ1) is 20.2. The van der Waals surface area contributed by atoms with Gasteiger partial charge < -0.3 is 18.9 Å². The number of amides is 1. The van der Waals surface area contributed by atoms with Crippen molar-refractivity contribution in [3.8, 4) is 17.2 Å². The molecule has 2 aliphatic rings. The van der Waals surface area contributed by atoms with Crippen LogP contribution in [0, 0.1) is 5.82 Å². The van der Waals surface area contributed by atoms with Crippen molar-refractivity contribution in [2.24, 2.45) is 0 Å². The topological polar surface area (TPSA) is 65.7 Å². The molecule has 0 radical (unpaired) electrons. The van der Waals surface area contributed by atoms with Crippen LogP contribution in [0.4, 0.5) is 8.78 Å². The minimum Gasteiger partial charge on any atom is -0.493 e. The molecule has 4 aromatic rings. The first-order valence-electron chi connectivity index (χ1n) is 15.0. The number of alkyl halides is 1. The third-order valence-corrected chi connectivity index (χ3v) is 7.22. The number of carbonyl (C=O) groups is 1. The average molecular weight is 514 g/mol. The third kappa shape index (κ3) is 3.93. The number of piperidine rings is 1. The highest BCUT2D eigenvalue weighted by atomic mass is 19.1. The summed E-state index contributed by atoms with van der Waals surface area (Å²) in [6, 6.07) is 6.60. The first kappa shape index (κ1) is 17.6. The number of halogens is 2. The lowest BCUT2D eigenvalue weighted by Gasteiger charge is -2.29. The minimum absolute atomic E-state index is 0.0334. The Bertz CT molecular complexity index is 1810. The molecular weight excluding hydrogens is 480 g/mol. The van der Waals surface area contributed by atoms with Crippen molar-refractivity contribution in [2.45, 2.75) is 37.9 Å². The van der Waals surface area contributed by atoms with E-state index >= 15 is 4.39 Å². The van der Waals surface area contributed by atoms with E-state index in [0.29, 0.717) is 10.9 Å². The van der Waals surface area contributed by atoms with Gasteiger partial charge in [-0.05, 0) is 56.0 Å². The van der Waals surface area contributed by atoms with Crippen LogP contribution >= 0.6 is 0 Å². The van der Waals surface area contributed by atoms with Crippen LogP contribution in [0.3, 0.4) is 0 Å². The zero-order valence-corrected chi connectivity index (χ0v) is 19.7. The van der Waals surface area contributed by atoms with Gasteiger partial charge in [-0.25, -0.2) is 8.78 Å². The highest BCUT2D eigenvalue weighted by Crippen LogP contribution is 2.39. The van der Waals surface area contributed by atoms with E-state index in [4.69, 9.17) is 17.7 Å². The summed E-state index contributed by atoms with van der Waals surface area (Å²) in [5.41, 5.74) is -0.0909. The Morgan fingerprint density at radius 3 is 2.38 bits per heavy atom. The molecule has 37 heavy (non-hydrogen) atoms. The normalized spacial score (nSPS) is 19.6. The number of likely N-dealkylation sites (tertiary alicyclic amines) is 1. The van der Waals surface area contributed by atoms with E-state index in [9.17, 15) is 14.0 Å². The molecule has 1 aliphatic heterocycles. The number of hydrogen-bond acceptors (Lipinski definition) is 4. The number of fused-ring (bicyclic) bond motifs is 2. The molecule has 0 unspecified atom stereocenters. The molecular formula is C28H27F2N3O4. The summed E-state index contributed by atoms with van der Waals surface area (Å²) in [4.78, 5) is 29.4.